The molecule has 2 fully saturated rings. The molecule has 0 radical (unpaired) electrons. The molecule has 0 atom stereocenters. The lowest BCUT2D eigenvalue weighted by Crippen LogP contribution is -2.40. The Morgan fingerprint density at radius 1 is 1.03 bits per heavy atom. The van der Waals surface area contributed by atoms with E-state index in [0.717, 1.165) is 52.1 Å². The maximum absolute atomic E-state index is 13.0. The zero-order chi connectivity index (χ0) is 26.8. The predicted octanol–water partition coefficient (Wildman–Crippen LogP) is 5.42. The molecule has 2 aromatic carbocycles. The SMILES string of the molecule is Cc1cc(/C=C2\SC(=O)N(CC(=O)N3CCCC3)C2=O)c(C)n1-c1ccc(Oc2ccc(C#N)cc2)cc1. The molecule has 0 bridgehead atoms. The van der Waals surface area contributed by atoms with Crippen LogP contribution < -0.4 is 4.74 Å². The average Bonchev–Trinajstić information content (AvgIpc) is 3.61. The van der Waals surface area contributed by atoms with Gasteiger partial charge < -0.3 is 14.2 Å². The molecule has 0 spiro atoms. The van der Waals surface area contributed by atoms with Crippen LogP contribution in [-0.4, -0.2) is 51.1 Å². The third-order valence-electron chi connectivity index (χ3n) is 6.70. The largest absolute Gasteiger partial charge is 0.457 e. The van der Waals surface area contributed by atoms with E-state index in [4.69, 9.17) is 10.00 Å². The normalized spacial score (nSPS) is 16.4. The van der Waals surface area contributed by atoms with Gasteiger partial charge in [0.15, 0.2) is 0 Å². The van der Waals surface area contributed by atoms with E-state index in [1.165, 1.54) is 0 Å². The topological polar surface area (TPSA) is 95.6 Å². The van der Waals surface area contributed by atoms with Gasteiger partial charge in [-0.05, 0) is 105 Å². The smallest absolute Gasteiger partial charge is 0.294 e. The minimum Gasteiger partial charge on any atom is -0.457 e. The van der Waals surface area contributed by atoms with Crippen molar-refractivity contribution in [1.29, 1.82) is 5.26 Å². The van der Waals surface area contributed by atoms with Crippen molar-refractivity contribution in [3.8, 4) is 23.3 Å². The first-order valence-electron chi connectivity index (χ1n) is 12.3. The molecule has 3 amide bonds. The fourth-order valence-electron chi connectivity index (χ4n) is 4.71. The third-order valence-corrected chi connectivity index (χ3v) is 7.60. The number of nitrogens with zero attached hydrogens (tertiary/aromatic N) is 4. The summed E-state index contributed by atoms with van der Waals surface area (Å²) in [5, 5.41) is 8.53. The number of aryl methyl sites for hydroxylation is 1. The monoisotopic (exact) mass is 526 g/mol. The van der Waals surface area contributed by atoms with Crippen molar-refractivity contribution >= 4 is 34.9 Å². The molecule has 192 valence electrons. The number of ether oxygens (including phenoxy) is 1. The summed E-state index contributed by atoms with van der Waals surface area (Å²) in [6.45, 7) is 5.09. The van der Waals surface area contributed by atoms with E-state index in [1.807, 2.05) is 44.2 Å². The maximum Gasteiger partial charge on any atom is 0.294 e. The first-order chi connectivity index (χ1) is 18.3. The number of imide groups is 1. The minimum absolute atomic E-state index is 0.184. The molecule has 0 unspecified atom stereocenters. The van der Waals surface area contributed by atoms with Gasteiger partial charge in [0.25, 0.3) is 11.1 Å². The fraction of sp³-hybridized carbons (Fsp3) is 0.241. The Kier molecular flexibility index (Phi) is 7.07. The summed E-state index contributed by atoms with van der Waals surface area (Å²) in [5.41, 5.74) is 4.22. The summed E-state index contributed by atoms with van der Waals surface area (Å²) >= 11 is 0.870. The van der Waals surface area contributed by atoms with Crippen LogP contribution in [0.5, 0.6) is 11.5 Å². The van der Waals surface area contributed by atoms with Crippen LogP contribution in [0.25, 0.3) is 11.8 Å². The molecule has 3 aromatic rings. The Morgan fingerprint density at radius 3 is 2.29 bits per heavy atom. The third kappa shape index (κ3) is 5.08. The van der Waals surface area contributed by atoms with Crippen molar-refractivity contribution in [2.75, 3.05) is 19.6 Å². The highest BCUT2D eigenvalue weighted by Gasteiger charge is 2.37. The van der Waals surface area contributed by atoms with E-state index in [2.05, 4.69) is 10.6 Å². The van der Waals surface area contributed by atoms with Crippen molar-refractivity contribution in [3.63, 3.8) is 0 Å². The lowest BCUT2D eigenvalue weighted by atomic mass is 10.2. The molecule has 0 aliphatic carbocycles. The summed E-state index contributed by atoms with van der Waals surface area (Å²) < 4.78 is 7.95. The molecule has 38 heavy (non-hydrogen) atoms. The number of benzene rings is 2. The van der Waals surface area contributed by atoms with Gasteiger partial charge in [-0.2, -0.15) is 5.26 Å². The van der Waals surface area contributed by atoms with Gasteiger partial charge >= 0.3 is 0 Å². The maximum atomic E-state index is 13.0. The van der Waals surface area contributed by atoms with Crippen LogP contribution in [0.1, 0.15) is 35.4 Å². The van der Waals surface area contributed by atoms with Crippen molar-refractivity contribution in [1.82, 2.24) is 14.4 Å². The number of carbonyl (C=O) groups is 3. The number of aromatic nitrogens is 1. The standard InChI is InChI=1S/C29H26N4O4S/c1-19-15-22(16-26-28(35)32(29(36)38-26)18-27(34)31-13-3-4-14-31)20(2)33(19)23-7-11-25(12-8-23)37-24-9-5-21(17-30)6-10-24/h5-12,15-16H,3-4,13-14,18H2,1-2H3/b26-16-. The summed E-state index contributed by atoms with van der Waals surface area (Å²) in [5.74, 6) is 0.694. The highest BCUT2D eigenvalue weighted by Crippen LogP contribution is 2.34. The number of likely N-dealkylation sites (tertiary alicyclic amines) is 1. The van der Waals surface area contributed by atoms with Gasteiger partial charge in [0.05, 0.1) is 16.5 Å². The van der Waals surface area contributed by atoms with Gasteiger partial charge in [-0.15, -0.1) is 0 Å². The first-order valence-corrected chi connectivity index (χ1v) is 13.2. The molecular formula is C29H26N4O4S. The number of rotatable bonds is 6. The second-order valence-corrected chi connectivity index (χ2v) is 10.2. The lowest BCUT2D eigenvalue weighted by Gasteiger charge is -2.18. The number of thioether (sulfide) groups is 1. The Morgan fingerprint density at radius 2 is 1.66 bits per heavy atom. The van der Waals surface area contributed by atoms with E-state index in [-0.39, 0.29) is 12.5 Å². The van der Waals surface area contributed by atoms with Gasteiger partial charge in [0.1, 0.15) is 18.0 Å². The summed E-state index contributed by atoms with van der Waals surface area (Å²) in [7, 11) is 0. The summed E-state index contributed by atoms with van der Waals surface area (Å²) in [4.78, 5) is 41.1. The van der Waals surface area contributed by atoms with Gasteiger partial charge in [-0.1, -0.05) is 0 Å². The minimum atomic E-state index is -0.429. The molecule has 5 rings (SSSR count). The van der Waals surface area contributed by atoms with Crippen molar-refractivity contribution in [2.45, 2.75) is 26.7 Å². The van der Waals surface area contributed by atoms with E-state index in [0.29, 0.717) is 35.1 Å². The second-order valence-electron chi connectivity index (χ2n) is 9.25. The highest BCUT2D eigenvalue weighted by molar-refractivity contribution is 8.18. The van der Waals surface area contributed by atoms with E-state index in [9.17, 15) is 14.4 Å². The molecule has 0 saturated carbocycles. The van der Waals surface area contributed by atoms with Gasteiger partial charge in [-0.25, -0.2) is 0 Å². The lowest BCUT2D eigenvalue weighted by molar-refractivity contribution is -0.135. The van der Waals surface area contributed by atoms with E-state index in [1.54, 1.807) is 35.2 Å². The van der Waals surface area contributed by atoms with Crippen LogP contribution in [0.2, 0.25) is 0 Å². The fourth-order valence-corrected chi connectivity index (χ4v) is 5.54. The number of hydrogen-bond acceptors (Lipinski definition) is 6. The molecule has 2 aliphatic rings. The Balaban J connectivity index is 1.32. The first kappa shape index (κ1) is 25.4. The zero-order valence-electron chi connectivity index (χ0n) is 21.1. The van der Waals surface area contributed by atoms with E-state index >= 15 is 0 Å². The molecule has 3 heterocycles. The van der Waals surface area contributed by atoms with Crippen molar-refractivity contribution in [2.24, 2.45) is 0 Å². The quantitative estimate of drug-likeness (QED) is 0.398. The van der Waals surface area contributed by atoms with Gasteiger partial charge in [-0.3, -0.25) is 19.3 Å². The summed E-state index contributed by atoms with van der Waals surface area (Å²) in [6.07, 6.45) is 3.64. The van der Waals surface area contributed by atoms with Gasteiger partial charge in [0.2, 0.25) is 5.91 Å². The van der Waals surface area contributed by atoms with Crippen molar-refractivity contribution < 1.29 is 19.1 Å². The molecule has 2 aliphatic heterocycles. The highest BCUT2D eigenvalue weighted by atomic mass is 32.2. The predicted molar refractivity (Wildman–Crippen MR) is 145 cm³/mol. The average molecular weight is 527 g/mol. The number of amides is 3. The van der Waals surface area contributed by atoms with E-state index < -0.39 is 11.1 Å². The van der Waals surface area contributed by atoms with Crippen molar-refractivity contribution in [3.05, 3.63) is 82.0 Å². The molecule has 9 heteroatoms. The Labute approximate surface area is 225 Å². The number of carbonyl (C=O) groups excluding carboxylic acids is 3. The Hall–Kier alpha value is -4.29. The second kappa shape index (κ2) is 10.6. The van der Waals surface area contributed by atoms with Crippen LogP contribution in [0, 0.1) is 25.2 Å². The van der Waals surface area contributed by atoms with Crippen LogP contribution >= 0.6 is 11.8 Å². The zero-order valence-corrected chi connectivity index (χ0v) is 22.0. The van der Waals surface area contributed by atoms with Crippen LogP contribution in [0.15, 0.2) is 59.5 Å². The number of hydrogen-bond donors (Lipinski definition) is 0. The summed E-state index contributed by atoms with van der Waals surface area (Å²) in [6, 6.07) is 18.6. The Bertz CT molecular complexity index is 1480. The molecule has 0 N–H and O–H groups in total. The molecular weight excluding hydrogens is 500 g/mol. The van der Waals surface area contributed by atoms with Crippen LogP contribution in [0.4, 0.5) is 4.79 Å². The van der Waals surface area contributed by atoms with Crippen LogP contribution in [0.3, 0.4) is 0 Å². The molecule has 1 aromatic heterocycles. The van der Waals surface area contributed by atoms with Crippen LogP contribution in [-0.2, 0) is 9.59 Å². The number of nitriles is 1. The molecule has 8 nitrogen and oxygen atoms in total. The molecule has 2 saturated heterocycles. The van der Waals surface area contributed by atoms with Gasteiger partial charge in [0, 0.05) is 30.2 Å².